The fraction of sp³-hybridized carbons (Fsp3) is 0.538. The first kappa shape index (κ1) is 11.3. The second-order valence-electron chi connectivity index (χ2n) is 4.78. The van der Waals surface area contributed by atoms with Crippen LogP contribution in [0, 0.1) is 5.92 Å². The minimum absolute atomic E-state index is 0.227. The molecule has 2 N–H and O–H groups in total. The maximum absolute atomic E-state index is 5.64. The summed E-state index contributed by atoms with van der Waals surface area (Å²) in [6.45, 7) is 9.72. The Labute approximate surface area is 87.3 Å². The van der Waals surface area contributed by atoms with E-state index in [0.717, 1.165) is 0 Å². The molecule has 0 aliphatic heterocycles. The van der Waals surface area contributed by atoms with Gasteiger partial charge in [0.15, 0.2) is 0 Å². The fourth-order valence-electron chi connectivity index (χ4n) is 1.43. The van der Waals surface area contributed by atoms with Crippen LogP contribution < -0.4 is 5.73 Å². The molecule has 0 aliphatic carbocycles. The van der Waals surface area contributed by atoms with Gasteiger partial charge >= 0.3 is 0 Å². The van der Waals surface area contributed by atoms with Gasteiger partial charge in [0.2, 0.25) is 0 Å². The Balaban J connectivity index is 3.06. The zero-order chi connectivity index (χ0) is 10.8. The lowest BCUT2D eigenvalue weighted by atomic mass is 9.75. The van der Waals surface area contributed by atoms with Gasteiger partial charge in [-0.15, -0.1) is 0 Å². The van der Waals surface area contributed by atoms with Crippen LogP contribution in [0.25, 0.3) is 0 Å². The molecule has 0 amide bonds. The van der Waals surface area contributed by atoms with Crippen molar-refractivity contribution >= 4 is 0 Å². The Morgan fingerprint density at radius 1 is 1.29 bits per heavy atom. The summed E-state index contributed by atoms with van der Waals surface area (Å²) in [6.07, 6.45) is 0. The van der Waals surface area contributed by atoms with Gasteiger partial charge in [0.25, 0.3) is 0 Å². The minimum atomic E-state index is 0.227. The summed E-state index contributed by atoms with van der Waals surface area (Å²) in [4.78, 5) is 0. The van der Waals surface area contributed by atoms with Crippen LogP contribution in [0.3, 0.4) is 0 Å². The van der Waals surface area contributed by atoms with E-state index in [1.165, 1.54) is 11.1 Å². The topological polar surface area (TPSA) is 26.0 Å². The molecule has 0 fully saturated rings. The lowest BCUT2D eigenvalue weighted by molar-refractivity contribution is 0.372. The average Bonchev–Trinajstić information content (AvgIpc) is 2.17. The summed E-state index contributed by atoms with van der Waals surface area (Å²) in [6, 6.07) is 8.60. The predicted molar refractivity (Wildman–Crippen MR) is 62.2 cm³/mol. The Hall–Kier alpha value is -0.820. The maximum Gasteiger partial charge on any atom is 0.0178 e. The lowest BCUT2D eigenvalue weighted by Gasteiger charge is -2.30. The van der Waals surface area contributed by atoms with Crippen LogP contribution in [-0.2, 0) is 12.0 Å². The van der Waals surface area contributed by atoms with E-state index < -0.39 is 0 Å². The number of benzene rings is 1. The van der Waals surface area contributed by atoms with Crippen LogP contribution in [0.2, 0.25) is 0 Å². The Kier molecular flexibility index (Phi) is 3.33. The van der Waals surface area contributed by atoms with Crippen molar-refractivity contribution in [3.05, 3.63) is 35.4 Å². The SMILES string of the molecule is CC(C)C(C)(C)c1cccc(CN)c1. The van der Waals surface area contributed by atoms with Crippen molar-refractivity contribution in [2.24, 2.45) is 11.7 Å². The molecular weight excluding hydrogens is 170 g/mol. The molecule has 0 spiro atoms. The maximum atomic E-state index is 5.64. The normalized spacial score (nSPS) is 12.1. The summed E-state index contributed by atoms with van der Waals surface area (Å²) in [5.41, 5.74) is 8.47. The highest BCUT2D eigenvalue weighted by atomic mass is 14.5. The zero-order valence-corrected chi connectivity index (χ0v) is 9.67. The molecule has 0 aromatic heterocycles. The molecule has 0 bridgehead atoms. The van der Waals surface area contributed by atoms with Gasteiger partial charge in [0.05, 0.1) is 0 Å². The molecule has 0 saturated carbocycles. The van der Waals surface area contributed by atoms with Gasteiger partial charge in [0, 0.05) is 6.54 Å². The van der Waals surface area contributed by atoms with Crippen molar-refractivity contribution in [2.75, 3.05) is 0 Å². The van der Waals surface area contributed by atoms with Gasteiger partial charge in [-0.1, -0.05) is 52.0 Å². The zero-order valence-electron chi connectivity index (χ0n) is 9.67. The standard InChI is InChI=1S/C13H21N/c1-10(2)13(3,4)12-7-5-6-11(8-12)9-14/h5-8,10H,9,14H2,1-4H3. The van der Waals surface area contributed by atoms with E-state index in [4.69, 9.17) is 5.73 Å². The molecule has 1 rings (SSSR count). The van der Waals surface area contributed by atoms with Crippen molar-refractivity contribution in [3.8, 4) is 0 Å². The molecule has 0 heterocycles. The summed E-state index contributed by atoms with van der Waals surface area (Å²) in [5.74, 6) is 0.635. The van der Waals surface area contributed by atoms with Crippen LogP contribution in [-0.4, -0.2) is 0 Å². The molecular formula is C13H21N. The highest BCUT2D eigenvalue weighted by Crippen LogP contribution is 2.31. The Morgan fingerprint density at radius 2 is 1.93 bits per heavy atom. The van der Waals surface area contributed by atoms with Crippen molar-refractivity contribution in [2.45, 2.75) is 39.7 Å². The van der Waals surface area contributed by atoms with Crippen molar-refractivity contribution < 1.29 is 0 Å². The van der Waals surface area contributed by atoms with Crippen LogP contribution in [0.15, 0.2) is 24.3 Å². The van der Waals surface area contributed by atoms with Crippen LogP contribution in [0.1, 0.15) is 38.8 Å². The van der Waals surface area contributed by atoms with Gasteiger partial charge in [-0.05, 0) is 22.5 Å². The summed E-state index contributed by atoms with van der Waals surface area (Å²) in [7, 11) is 0. The smallest absolute Gasteiger partial charge is 0.0178 e. The first-order valence-electron chi connectivity index (χ1n) is 5.28. The lowest BCUT2D eigenvalue weighted by Crippen LogP contribution is -2.24. The average molecular weight is 191 g/mol. The molecule has 0 atom stereocenters. The van der Waals surface area contributed by atoms with E-state index in [9.17, 15) is 0 Å². The molecule has 78 valence electrons. The Bertz CT molecular complexity index is 300. The predicted octanol–water partition coefficient (Wildman–Crippen LogP) is 3.08. The van der Waals surface area contributed by atoms with Crippen LogP contribution in [0.5, 0.6) is 0 Å². The van der Waals surface area contributed by atoms with Crippen LogP contribution in [0.4, 0.5) is 0 Å². The molecule has 0 unspecified atom stereocenters. The molecule has 0 radical (unpaired) electrons. The van der Waals surface area contributed by atoms with Gasteiger partial charge in [-0.2, -0.15) is 0 Å². The van der Waals surface area contributed by atoms with Gasteiger partial charge in [-0.25, -0.2) is 0 Å². The molecule has 1 heteroatoms. The van der Waals surface area contributed by atoms with Gasteiger partial charge in [0.1, 0.15) is 0 Å². The fourth-order valence-corrected chi connectivity index (χ4v) is 1.43. The van der Waals surface area contributed by atoms with Crippen LogP contribution >= 0.6 is 0 Å². The first-order valence-corrected chi connectivity index (χ1v) is 5.28. The van der Waals surface area contributed by atoms with Gasteiger partial charge in [-0.3, -0.25) is 0 Å². The van der Waals surface area contributed by atoms with Crippen molar-refractivity contribution in [1.29, 1.82) is 0 Å². The minimum Gasteiger partial charge on any atom is -0.326 e. The first-order chi connectivity index (χ1) is 6.48. The second kappa shape index (κ2) is 4.14. The molecule has 1 nitrogen and oxygen atoms in total. The van der Waals surface area contributed by atoms with E-state index in [1.807, 2.05) is 0 Å². The van der Waals surface area contributed by atoms with E-state index in [-0.39, 0.29) is 5.41 Å². The van der Waals surface area contributed by atoms with E-state index in [1.54, 1.807) is 0 Å². The third kappa shape index (κ3) is 2.16. The van der Waals surface area contributed by atoms with E-state index in [0.29, 0.717) is 12.5 Å². The second-order valence-corrected chi connectivity index (χ2v) is 4.78. The molecule has 14 heavy (non-hydrogen) atoms. The molecule has 0 saturated heterocycles. The number of hydrogen-bond donors (Lipinski definition) is 1. The van der Waals surface area contributed by atoms with E-state index >= 15 is 0 Å². The van der Waals surface area contributed by atoms with Crippen molar-refractivity contribution in [3.63, 3.8) is 0 Å². The molecule has 0 aliphatic rings. The quantitative estimate of drug-likeness (QED) is 0.780. The summed E-state index contributed by atoms with van der Waals surface area (Å²) in [5, 5.41) is 0. The monoisotopic (exact) mass is 191 g/mol. The third-order valence-corrected chi connectivity index (χ3v) is 3.35. The number of rotatable bonds is 3. The number of nitrogens with two attached hydrogens (primary N) is 1. The molecule has 1 aromatic carbocycles. The Morgan fingerprint density at radius 3 is 2.43 bits per heavy atom. The summed E-state index contributed by atoms with van der Waals surface area (Å²) < 4.78 is 0. The third-order valence-electron chi connectivity index (χ3n) is 3.35. The highest BCUT2D eigenvalue weighted by molar-refractivity contribution is 5.29. The molecule has 1 aromatic rings. The van der Waals surface area contributed by atoms with Gasteiger partial charge < -0.3 is 5.73 Å². The summed E-state index contributed by atoms with van der Waals surface area (Å²) >= 11 is 0. The van der Waals surface area contributed by atoms with E-state index in [2.05, 4.69) is 52.0 Å². The highest BCUT2D eigenvalue weighted by Gasteiger charge is 2.24. The van der Waals surface area contributed by atoms with Crippen molar-refractivity contribution in [1.82, 2.24) is 0 Å². The number of hydrogen-bond acceptors (Lipinski definition) is 1. The largest absolute Gasteiger partial charge is 0.326 e.